The molecule has 66 valence electrons. The lowest BCUT2D eigenvalue weighted by Crippen LogP contribution is -2.23. The minimum Gasteiger partial charge on any atom is -0.173 e. The topological polar surface area (TPSA) is 0 Å². The average molecular weight is 306 g/mol. The Balaban J connectivity index is 4.52. The molecule has 0 aliphatic heterocycles. The summed E-state index contributed by atoms with van der Waals surface area (Å²) >= 11 is 5.49. The molecule has 1 atom stereocenters. The van der Waals surface area contributed by atoms with Crippen molar-refractivity contribution in [2.45, 2.75) is 11.6 Å². The van der Waals surface area contributed by atoms with Gasteiger partial charge >= 0.3 is 6.18 Å². The van der Waals surface area contributed by atoms with Gasteiger partial charge in [-0.3, -0.25) is 0 Å². The normalized spacial score (nSPS) is 14.5. The van der Waals surface area contributed by atoms with Crippen molar-refractivity contribution in [2.75, 3.05) is 0 Å². The Morgan fingerprint density at radius 1 is 1.27 bits per heavy atom. The maximum atomic E-state index is 11.6. The maximum Gasteiger partial charge on any atom is 0.409 e. The lowest BCUT2D eigenvalue weighted by molar-refractivity contribution is -0.122. The van der Waals surface area contributed by atoms with Crippen molar-refractivity contribution in [3.05, 3.63) is 9.66 Å². The van der Waals surface area contributed by atoms with Gasteiger partial charge in [-0.25, -0.2) is 0 Å². The maximum absolute atomic E-state index is 11.6. The van der Waals surface area contributed by atoms with Gasteiger partial charge in [-0.15, -0.1) is 11.6 Å². The third kappa shape index (κ3) is 3.55. The van der Waals surface area contributed by atoms with Crippen LogP contribution >= 0.6 is 34.2 Å². The molecule has 0 fully saturated rings. The highest BCUT2D eigenvalue weighted by atomic mass is 127. The molecule has 0 aliphatic rings. The Hall–Kier alpha value is 0.410. The third-order valence-corrected chi connectivity index (χ3v) is 2.55. The van der Waals surface area contributed by atoms with Crippen LogP contribution in [-0.4, -0.2) is 11.6 Å². The summed E-state index contributed by atoms with van der Waals surface area (Å²) in [7, 11) is 0. The predicted octanol–water partition coefficient (Wildman–Crippen LogP) is 3.70. The second kappa shape index (κ2) is 3.88. The summed E-state index contributed by atoms with van der Waals surface area (Å²) in [6.45, 7) is 0. The average Bonchev–Trinajstić information content (AvgIpc) is 1.82. The first-order valence-corrected chi connectivity index (χ1v) is 3.69. The van der Waals surface area contributed by atoms with Crippen LogP contribution in [0.4, 0.5) is 22.0 Å². The van der Waals surface area contributed by atoms with Crippen LogP contribution in [0.5, 0.6) is 0 Å². The zero-order valence-corrected chi connectivity index (χ0v) is 7.64. The van der Waals surface area contributed by atoms with E-state index in [2.05, 4.69) is 11.6 Å². The van der Waals surface area contributed by atoms with Gasteiger partial charge in [0.15, 0.2) is 5.38 Å². The van der Waals surface area contributed by atoms with E-state index >= 15 is 0 Å². The standard InChI is InChI=1S/C4HClF5I/c5-2(4(8,9)10)1(11)3(6)7/h2H. The first-order valence-electron chi connectivity index (χ1n) is 2.18. The van der Waals surface area contributed by atoms with Gasteiger partial charge in [-0.1, -0.05) is 0 Å². The first kappa shape index (κ1) is 11.4. The van der Waals surface area contributed by atoms with Crippen LogP contribution in [0.15, 0.2) is 9.66 Å². The molecule has 0 spiro atoms. The van der Waals surface area contributed by atoms with Gasteiger partial charge in [0.1, 0.15) is 0 Å². The Kier molecular flexibility index (Phi) is 4.03. The summed E-state index contributed by atoms with van der Waals surface area (Å²) in [5.41, 5.74) is 0. The minimum atomic E-state index is -4.82. The van der Waals surface area contributed by atoms with E-state index in [1.165, 1.54) is 0 Å². The van der Waals surface area contributed by atoms with E-state index in [0.717, 1.165) is 22.6 Å². The van der Waals surface area contributed by atoms with Gasteiger partial charge in [0.25, 0.3) is 6.08 Å². The monoisotopic (exact) mass is 306 g/mol. The minimum absolute atomic E-state index is 0.860. The smallest absolute Gasteiger partial charge is 0.173 e. The molecule has 0 nitrogen and oxygen atoms in total. The van der Waals surface area contributed by atoms with E-state index < -0.39 is 21.2 Å². The molecule has 0 heterocycles. The molecular weight excluding hydrogens is 305 g/mol. The van der Waals surface area contributed by atoms with Crippen LogP contribution in [0.2, 0.25) is 0 Å². The highest BCUT2D eigenvalue weighted by molar-refractivity contribution is 14.1. The van der Waals surface area contributed by atoms with E-state index in [1.54, 1.807) is 0 Å². The van der Waals surface area contributed by atoms with Crippen LogP contribution in [0.3, 0.4) is 0 Å². The molecule has 0 saturated heterocycles. The highest BCUT2D eigenvalue weighted by Gasteiger charge is 2.41. The fourth-order valence-electron chi connectivity index (χ4n) is 0.239. The SMILES string of the molecule is FC(F)=C(I)C(Cl)C(F)(F)F. The number of allylic oxidation sites excluding steroid dienone is 1. The summed E-state index contributed by atoms with van der Waals surface area (Å²) in [5.74, 6) is 0. The molecule has 0 N–H and O–H groups in total. The van der Waals surface area contributed by atoms with Crippen LogP contribution in [0, 0.1) is 0 Å². The molecule has 0 saturated carbocycles. The molecule has 0 aromatic carbocycles. The first-order chi connectivity index (χ1) is 4.76. The molecule has 0 radical (unpaired) electrons. The van der Waals surface area contributed by atoms with Crippen molar-refractivity contribution in [3.63, 3.8) is 0 Å². The Bertz CT molecular complexity index is 170. The number of halogens is 7. The second-order valence-electron chi connectivity index (χ2n) is 1.51. The molecule has 1 unspecified atom stereocenters. The van der Waals surface area contributed by atoms with Gasteiger partial charge in [-0.05, 0) is 22.6 Å². The Morgan fingerprint density at radius 3 is 1.73 bits per heavy atom. The van der Waals surface area contributed by atoms with E-state index in [4.69, 9.17) is 0 Å². The van der Waals surface area contributed by atoms with Crippen LogP contribution in [-0.2, 0) is 0 Å². The molecule has 0 rings (SSSR count). The zero-order chi connectivity index (χ0) is 9.23. The van der Waals surface area contributed by atoms with Crippen LogP contribution < -0.4 is 0 Å². The van der Waals surface area contributed by atoms with Crippen molar-refractivity contribution < 1.29 is 22.0 Å². The van der Waals surface area contributed by atoms with Crippen LogP contribution in [0.25, 0.3) is 0 Å². The summed E-state index contributed by atoms with van der Waals surface area (Å²) < 4.78 is 56.5. The lowest BCUT2D eigenvalue weighted by atomic mass is 10.4. The van der Waals surface area contributed by atoms with Crippen molar-refractivity contribution in [3.8, 4) is 0 Å². The Morgan fingerprint density at radius 2 is 1.64 bits per heavy atom. The largest absolute Gasteiger partial charge is 0.409 e. The van der Waals surface area contributed by atoms with E-state index in [-0.39, 0.29) is 0 Å². The lowest BCUT2D eigenvalue weighted by Gasteiger charge is -2.11. The molecule has 7 heteroatoms. The van der Waals surface area contributed by atoms with E-state index in [1.807, 2.05) is 0 Å². The van der Waals surface area contributed by atoms with Gasteiger partial charge in [0.2, 0.25) is 0 Å². The fourth-order valence-corrected chi connectivity index (χ4v) is 0.675. The number of hydrogen-bond acceptors (Lipinski definition) is 0. The summed E-state index contributed by atoms with van der Waals surface area (Å²) in [4.78, 5) is 0. The predicted molar refractivity (Wildman–Crippen MR) is 39.0 cm³/mol. The molecule has 0 amide bonds. The fraction of sp³-hybridized carbons (Fsp3) is 0.500. The van der Waals surface area contributed by atoms with Gasteiger partial charge in [0.05, 0.1) is 3.58 Å². The molecule has 0 aliphatic carbocycles. The molecular formula is C4HClF5I. The number of alkyl halides is 4. The summed E-state index contributed by atoms with van der Waals surface area (Å²) in [6, 6.07) is 0. The van der Waals surface area contributed by atoms with Gasteiger partial charge in [-0.2, -0.15) is 22.0 Å². The number of rotatable bonds is 1. The van der Waals surface area contributed by atoms with Crippen molar-refractivity contribution in [2.24, 2.45) is 0 Å². The van der Waals surface area contributed by atoms with Crippen molar-refractivity contribution in [1.82, 2.24) is 0 Å². The summed E-state index contributed by atoms with van der Waals surface area (Å²) in [5, 5.41) is -2.60. The van der Waals surface area contributed by atoms with Crippen molar-refractivity contribution >= 4 is 34.2 Å². The molecule has 11 heavy (non-hydrogen) atoms. The zero-order valence-electron chi connectivity index (χ0n) is 4.72. The van der Waals surface area contributed by atoms with Crippen molar-refractivity contribution in [1.29, 1.82) is 0 Å². The van der Waals surface area contributed by atoms with E-state index in [0.29, 0.717) is 0 Å². The van der Waals surface area contributed by atoms with E-state index in [9.17, 15) is 22.0 Å². The van der Waals surface area contributed by atoms with Gasteiger partial charge in [0, 0.05) is 0 Å². The Labute approximate surface area is 77.5 Å². The molecule has 0 aromatic heterocycles. The quantitative estimate of drug-likeness (QED) is 0.394. The van der Waals surface area contributed by atoms with Crippen LogP contribution in [0.1, 0.15) is 0 Å². The molecule has 0 bridgehead atoms. The molecule has 0 aromatic rings. The second-order valence-corrected chi connectivity index (χ2v) is 3.11. The summed E-state index contributed by atoms with van der Waals surface area (Å²) in [6.07, 6.45) is -7.22. The van der Waals surface area contributed by atoms with Gasteiger partial charge < -0.3 is 0 Å². The highest BCUT2D eigenvalue weighted by Crippen LogP contribution is 2.35. The number of hydrogen-bond donors (Lipinski definition) is 0. The third-order valence-electron chi connectivity index (χ3n) is 0.690.